The Bertz CT molecular complexity index is 322. The molecule has 1 aromatic carbocycles. The van der Waals surface area contributed by atoms with Crippen LogP contribution in [0.1, 0.15) is 12.5 Å². The van der Waals surface area contributed by atoms with Crippen molar-refractivity contribution in [2.24, 2.45) is 5.73 Å². The zero-order chi connectivity index (χ0) is 9.90. The number of rotatable bonds is 2. The summed E-state index contributed by atoms with van der Waals surface area (Å²) in [4.78, 5) is 0. The zero-order valence-corrected chi connectivity index (χ0v) is 8.17. The fraction of sp³-hybridized carbons (Fsp3) is 0.300. The van der Waals surface area contributed by atoms with Crippen LogP contribution in [-0.2, 0) is 6.42 Å². The molecule has 0 saturated heterocycles. The van der Waals surface area contributed by atoms with E-state index in [0.29, 0.717) is 11.4 Å². The smallest absolute Gasteiger partial charge is 0.105 e. The quantitative estimate of drug-likeness (QED) is 0.784. The molecule has 0 aliphatic heterocycles. The lowest BCUT2D eigenvalue weighted by Crippen LogP contribution is -2.36. The van der Waals surface area contributed by atoms with Crippen molar-refractivity contribution >= 4 is 11.6 Å². The molecule has 2 N–H and O–H groups in total. The van der Waals surface area contributed by atoms with E-state index in [1.54, 1.807) is 19.1 Å². The lowest BCUT2D eigenvalue weighted by atomic mass is 9.96. The Morgan fingerprint density at radius 2 is 2.00 bits per heavy atom. The van der Waals surface area contributed by atoms with Crippen LogP contribution in [0.3, 0.4) is 0 Å². The summed E-state index contributed by atoms with van der Waals surface area (Å²) >= 11 is 5.72. The average Bonchev–Trinajstić information content (AvgIpc) is 2.09. The zero-order valence-electron chi connectivity index (χ0n) is 7.42. The first-order chi connectivity index (χ1) is 6.03. The lowest BCUT2D eigenvalue weighted by molar-refractivity contribution is 0.596. The number of hydrogen-bond donors (Lipinski definition) is 1. The molecule has 1 aromatic rings. The third-order valence-corrected chi connectivity index (χ3v) is 1.99. The maximum Gasteiger partial charge on any atom is 0.105 e. The van der Waals surface area contributed by atoms with E-state index in [9.17, 15) is 0 Å². The Hall–Kier alpha value is -1.04. The van der Waals surface area contributed by atoms with Gasteiger partial charge in [0.1, 0.15) is 5.54 Å². The molecular weight excluding hydrogens is 184 g/mol. The van der Waals surface area contributed by atoms with Crippen LogP contribution >= 0.6 is 11.6 Å². The largest absolute Gasteiger partial charge is 0.313 e. The van der Waals surface area contributed by atoms with E-state index in [0.717, 1.165) is 5.56 Å². The second-order valence-corrected chi connectivity index (χ2v) is 3.77. The van der Waals surface area contributed by atoms with Crippen LogP contribution in [0.4, 0.5) is 0 Å². The van der Waals surface area contributed by atoms with Gasteiger partial charge in [-0.3, -0.25) is 0 Å². The Morgan fingerprint density at radius 3 is 2.46 bits per heavy atom. The SMILES string of the molecule is CC(N)(C#N)Cc1ccc(Cl)cc1. The highest BCUT2D eigenvalue weighted by atomic mass is 35.5. The Labute approximate surface area is 82.9 Å². The van der Waals surface area contributed by atoms with Crippen LogP contribution in [0, 0.1) is 11.3 Å². The predicted molar refractivity (Wildman–Crippen MR) is 53.4 cm³/mol. The molecule has 0 fully saturated rings. The van der Waals surface area contributed by atoms with Crippen LogP contribution in [-0.4, -0.2) is 5.54 Å². The summed E-state index contributed by atoms with van der Waals surface area (Å²) in [6.07, 6.45) is 0.542. The van der Waals surface area contributed by atoms with Crippen LogP contribution < -0.4 is 5.73 Å². The van der Waals surface area contributed by atoms with Gasteiger partial charge in [-0.2, -0.15) is 5.26 Å². The maximum absolute atomic E-state index is 8.71. The number of halogens is 1. The number of nitriles is 1. The summed E-state index contributed by atoms with van der Waals surface area (Å²) in [6, 6.07) is 9.40. The minimum atomic E-state index is -0.798. The number of nitrogens with zero attached hydrogens (tertiary/aromatic N) is 1. The molecule has 1 atom stereocenters. The fourth-order valence-corrected chi connectivity index (χ4v) is 1.19. The van der Waals surface area contributed by atoms with Gasteiger partial charge in [-0.25, -0.2) is 0 Å². The van der Waals surface area contributed by atoms with E-state index >= 15 is 0 Å². The summed E-state index contributed by atoms with van der Waals surface area (Å²) in [7, 11) is 0. The van der Waals surface area contributed by atoms with E-state index in [-0.39, 0.29) is 0 Å². The molecular formula is C10H11ClN2. The minimum absolute atomic E-state index is 0.542. The number of benzene rings is 1. The number of nitrogens with two attached hydrogens (primary N) is 1. The van der Waals surface area contributed by atoms with E-state index in [4.69, 9.17) is 22.6 Å². The normalized spacial score (nSPS) is 14.6. The summed E-state index contributed by atoms with van der Waals surface area (Å²) < 4.78 is 0. The fourth-order valence-electron chi connectivity index (χ4n) is 1.07. The van der Waals surface area contributed by atoms with Crippen molar-refractivity contribution in [3.8, 4) is 6.07 Å². The molecule has 0 aliphatic rings. The molecule has 68 valence electrons. The highest BCUT2D eigenvalue weighted by Crippen LogP contribution is 2.13. The molecule has 0 saturated carbocycles. The summed E-state index contributed by atoms with van der Waals surface area (Å²) in [5.74, 6) is 0. The predicted octanol–water partition coefficient (Wildman–Crippen LogP) is 2.12. The molecule has 2 nitrogen and oxygen atoms in total. The van der Waals surface area contributed by atoms with Gasteiger partial charge in [-0.05, 0) is 24.6 Å². The molecule has 0 spiro atoms. The molecule has 0 heterocycles. The third-order valence-electron chi connectivity index (χ3n) is 1.74. The van der Waals surface area contributed by atoms with Gasteiger partial charge < -0.3 is 5.73 Å². The first-order valence-electron chi connectivity index (χ1n) is 3.98. The van der Waals surface area contributed by atoms with E-state index in [1.165, 1.54) is 0 Å². The lowest BCUT2D eigenvalue weighted by Gasteiger charge is -2.14. The standard InChI is InChI=1S/C10H11ClN2/c1-10(13,7-12)6-8-2-4-9(11)5-3-8/h2-5H,6,13H2,1H3. The van der Waals surface area contributed by atoms with Crippen molar-refractivity contribution in [2.75, 3.05) is 0 Å². The van der Waals surface area contributed by atoms with Crippen LogP contribution in [0.15, 0.2) is 24.3 Å². The highest BCUT2D eigenvalue weighted by molar-refractivity contribution is 6.30. The molecule has 0 bridgehead atoms. The van der Waals surface area contributed by atoms with Crippen LogP contribution in [0.25, 0.3) is 0 Å². The van der Waals surface area contributed by atoms with Crippen molar-refractivity contribution in [1.29, 1.82) is 5.26 Å². The van der Waals surface area contributed by atoms with E-state index in [1.807, 2.05) is 18.2 Å². The van der Waals surface area contributed by atoms with Gasteiger partial charge in [0.15, 0.2) is 0 Å². The van der Waals surface area contributed by atoms with Gasteiger partial charge >= 0.3 is 0 Å². The van der Waals surface area contributed by atoms with Crippen molar-refractivity contribution in [1.82, 2.24) is 0 Å². The Balaban J connectivity index is 2.77. The van der Waals surface area contributed by atoms with Crippen LogP contribution in [0.5, 0.6) is 0 Å². The molecule has 0 aromatic heterocycles. The van der Waals surface area contributed by atoms with Crippen molar-refractivity contribution in [3.63, 3.8) is 0 Å². The monoisotopic (exact) mass is 194 g/mol. The van der Waals surface area contributed by atoms with Gasteiger partial charge in [-0.15, -0.1) is 0 Å². The topological polar surface area (TPSA) is 49.8 Å². The van der Waals surface area contributed by atoms with Gasteiger partial charge in [0.25, 0.3) is 0 Å². The van der Waals surface area contributed by atoms with Gasteiger partial charge in [0.05, 0.1) is 6.07 Å². The maximum atomic E-state index is 8.71. The van der Waals surface area contributed by atoms with Gasteiger partial charge in [0, 0.05) is 11.4 Å². The molecule has 13 heavy (non-hydrogen) atoms. The minimum Gasteiger partial charge on any atom is -0.313 e. The molecule has 0 radical (unpaired) electrons. The van der Waals surface area contributed by atoms with Crippen molar-refractivity contribution < 1.29 is 0 Å². The molecule has 0 aliphatic carbocycles. The second-order valence-electron chi connectivity index (χ2n) is 3.33. The molecule has 1 rings (SSSR count). The first kappa shape index (κ1) is 10.0. The molecule has 1 unspecified atom stereocenters. The summed E-state index contributed by atoms with van der Waals surface area (Å²) in [5, 5.41) is 9.40. The number of hydrogen-bond acceptors (Lipinski definition) is 2. The van der Waals surface area contributed by atoms with Gasteiger partial charge in [-0.1, -0.05) is 23.7 Å². The Kier molecular flexibility index (Phi) is 2.92. The van der Waals surface area contributed by atoms with Crippen molar-refractivity contribution in [2.45, 2.75) is 18.9 Å². The van der Waals surface area contributed by atoms with E-state index < -0.39 is 5.54 Å². The van der Waals surface area contributed by atoms with Crippen molar-refractivity contribution in [3.05, 3.63) is 34.9 Å². The van der Waals surface area contributed by atoms with Gasteiger partial charge in [0.2, 0.25) is 0 Å². The third kappa shape index (κ3) is 3.06. The Morgan fingerprint density at radius 1 is 1.46 bits per heavy atom. The molecule has 0 amide bonds. The second kappa shape index (κ2) is 3.78. The van der Waals surface area contributed by atoms with E-state index in [2.05, 4.69) is 0 Å². The first-order valence-corrected chi connectivity index (χ1v) is 4.36. The highest BCUT2D eigenvalue weighted by Gasteiger charge is 2.17. The molecule has 3 heteroatoms. The summed E-state index contributed by atoms with van der Waals surface area (Å²) in [5.41, 5.74) is 5.92. The summed E-state index contributed by atoms with van der Waals surface area (Å²) in [6.45, 7) is 1.71. The van der Waals surface area contributed by atoms with Crippen LogP contribution in [0.2, 0.25) is 5.02 Å². The average molecular weight is 195 g/mol.